The maximum Gasteiger partial charge on any atom is 0.0897 e. The van der Waals surface area contributed by atoms with Crippen molar-refractivity contribution in [3.63, 3.8) is 0 Å². The van der Waals surface area contributed by atoms with Crippen molar-refractivity contribution in [3.8, 4) is 0 Å². The van der Waals surface area contributed by atoms with Crippen LogP contribution >= 0.6 is 0 Å². The zero-order chi connectivity index (χ0) is 13.3. The van der Waals surface area contributed by atoms with E-state index in [0.29, 0.717) is 13.2 Å². The molecule has 1 rings (SSSR count). The van der Waals surface area contributed by atoms with Gasteiger partial charge in [0.05, 0.1) is 19.3 Å². The molecule has 0 aromatic rings. The summed E-state index contributed by atoms with van der Waals surface area (Å²) in [6.45, 7) is 3.89. The Hall–Kier alpha value is -0.160. The molecule has 1 saturated carbocycles. The molecule has 108 valence electrons. The number of hydrogen-bond donors (Lipinski definition) is 3. The summed E-state index contributed by atoms with van der Waals surface area (Å²) in [7, 11) is 0. The van der Waals surface area contributed by atoms with Gasteiger partial charge >= 0.3 is 0 Å². The minimum Gasteiger partial charge on any atom is -0.394 e. The summed E-state index contributed by atoms with van der Waals surface area (Å²) >= 11 is 0. The highest BCUT2D eigenvalue weighted by molar-refractivity contribution is 4.90. The van der Waals surface area contributed by atoms with E-state index in [1.165, 1.54) is 6.42 Å². The quantitative estimate of drug-likeness (QED) is 0.548. The van der Waals surface area contributed by atoms with Crippen LogP contribution in [0, 0.1) is 0 Å². The molecule has 4 nitrogen and oxygen atoms in total. The van der Waals surface area contributed by atoms with E-state index in [1.54, 1.807) is 0 Å². The minimum atomic E-state index is -0.479. The highest BCUT2D eigenvalue weighted by Crippen LogP contribution is 2.27. The normalized spacial score (nSPS) is 20.8. The first kappa shape index (κ1) is 15.9. The fourth-order valence-electron chi connectivity index (χ4n) is 2.48. The summed E-state index contributed by atoms with van der Waals surface area (Å²) in [6, 6.07) is 0. The number of rotatable bonds is 9. The van der Waals surface area contributed by atoms with Crippen LogP contribution in [0.4, 0.5) is 0 Å². The van der Waals surface area contributed by atoms with Gasteiger partial charge in [-0.05, 0) is 19.3 Å². The highest BCUT2D eigenvalue weighted by atomic mass is 16.5. The second-order valence-corrected chi connectivity index (χ2v) is 5.46. The van der Waals surface area contributed by atoms with Gasteiger partial charge in [0.25, 0.3) is 0 Å². The molecule has 0 aromatic carbocycles. The van der Waals surface area contributed by atoms with Gasteiger partial charge in [0.1, 0.15) is 0 Å². The average molecular weight is 259 g/mol. The molecule has 0 saturated heterocycles. The Balaban J connectivity index is 2.16. The largest absolute Gasteiger partial charge is 0.394 e. The number of ether oxygens (including phenoxy) is 1. The van der Waals surface area contributed by atoms with Gasteiger partial charge in [-0.15, -0.1) is 0 Å². The first-order valence-corrected chi connectivity index (χ1v) is 7.34. The molecule has 0 amide bonds. The fourth-order valence-corrected chi connectivity index (χ4v) is 2.48. The van der Waals surface area contributed by atoms with Gasteiger partial charge in [0.2, 0.25) is 0 Å². The van der Waals surface area contributed by atoms with Crippen molar-refractivity contribution in [2.75, 3.05) is 26.4 Å². The summed E-state index contributed by atoms with van der Waals surface area (Å²) in [6.07, 6.45) is 7.27. The van der Waals surface area contributed by atoms with Crippen LogP contribution in [0.3, 0.4) is 0 Å². The maximum absolute atomic E-state index is 9.82. The molecule has 1 atom stereocenters. The molecule has 18 heavy (non-hydrogen) atoms. The third-order valence-electron chi connectivity index (χ3n) is 3.78. The van der Waals surface area contributed by atoms with Gasteiger partial charge in [0.15, 0.2) is 0 Å². The number of β-amino-alcohol motifs (C(OH)–C–C–N with tert-alkyl or cyclic N) is 1. The summed E-state index contributed by atoms with van der Waals surface area (Å²) in [4.78, 5) is 0. The summed E-state index contributed by atoms with van der Waals surface area (Å²) < 4.78 is 5.39. The van der Waals surface area contributed by atoms with Gasteiger partial charge in [-0.2, -0.15) is 0 Å². The molecule has 4 heteroatoms. The second kappa shape index (κ2) is 8.86. The zero-order valence-electron chi connectivity index (χ0n) is 11.7. The second-order valence-electron chi connectivity index (χ2n) is 5.46. The topological polar surface area (TPSA) is 61.7 Å². The van der Waals surface area contributed by atoms with E-state index in [1.807, 2.05) is 0 Å². The first-order chi connectivity index (χ1) is 8.72. The third-order valence-corrected chi connectivity index (χ3v) is 3.78. The van der Waals surface area contributed by atoms with Gasteiger partial charge in [-0.3, -0.25) is 0 Å². The molecule has 0 aliphatic heterocycles. The Bertz CT molecular complexity index is 205. The number of unbranched alkanes of at least 4 members (excludes halogenated alkanes) is 1. The van der Waals surface area contributed by atoms with E-state index in [0.717, 1.165) is 45.1 Å². The van der Waals surface area contributed by atoms with Crippen molar-refractivity contribution < 1.29 is 14.9 Å². The fraction of sp³-hybridized carbons (Fsp3) is 1.00. The zero-order valence-corrected chi connectivity index (χ0v) is 11.7. The third kappa shape index (κ3) is 5.65. The van der Waals surface area contributed by atoms with Gasteiger partial charge < -0.3 is 20.3 Å². The van der Waals surface area contributed by atoms with E-state index in [-0.39, 0.29) is 12.1 Å². The maximum atomic E-state index is 9.82. The molecule has 0 radical (unpaired) electrons. The number of aliphatic hydroxyl groups excluding tert-OH is 2. The Labute approximate surface area is 111 Å². The lowest BCUT2D eigenvalue weighted by Gasteiger charge is -2.37. The summed E-state index contributed by atoms with van der Waals surface area (Å²) in [5.74, 6) is 0. The van der Waals surface area contributed by atoms with E-state index in [9.17, 15) is 10.2 Å². The van der Waals surface area contributed by atoms with E-state index < -0.39 is 6.10 Å². The lowest BCUT2D eigenvalue weighted by atomic mass is 9.82. The van der Waals surface area contributed by atoms with Crippen molar-refractivity contribution in [1.82, 2.24) is 5.32 Å². The van der Waals surface area contributed by atoms with E-state index in [4.69, 9.17) is 4.74 Å². The molecule has 0 bridgehead atoms. The number of hydrogen-bond acceptors (Lipinski definition) is 4. The van der Waals surface area contributed by atoms with Crippen molar-refractivity contribution >= 4 is 0 Å². The van der Waals surface area contributed by atoms with Crippen LogP contribution in [0.15, 0.2) is 0 Å². The van der Waals surface area contributed by atoms with Crippen LogP contribution in [0.2, 0.25) is 0 Å². The SMILES string of the molecule is CCCCOCC(O)CNC1(CO)CCCCC1. The molecule has 1 fully saturated rings. The van der Waals surface area contributed by atoms with Crippen LogP contribution in [-0.2, 0) is 4.74 Å². The molecule has 0 aromatic heterocycles. The number of nitrogens with one attached hydrogen (secondary N) is 1. The van der Waals surface area contributed by atoms with Crippen molar-refractivity contribution in [3.05, 3.63) is 0 Å². The lowest BCUT2D eigenvalue weighted by molar-refractivity contribution is 0.0245. The van der Waals surface area contributed by atoms with Crippen LogP contribution < -0.4 is 5.32 Å². The molecule has 1 aliphatic rings. The Morgan fingerprint density at radius 2 is 2.00 bits per heavy atom. The van der Waals surface area contributed by atoms with Crippen LogP contribution in [0.1, 0.15) is 51.9 Å². The molecule has 0 heterocycles. The van der Waals surface area contributed by atoms with Crippen molar-refractivity contribution in [2.45, 2.75) is 63.5 Å². The summed E-state index contributed by atoms with van der Waals surface area (Å²) in [5.41, 5.74) is -0.164. The standard InChI is InChI=1S/C14H29NO3/c1-2-3-9-18-11-13(17)10-15-14(12-16)7-5-4-6-8-14/h13,15-17H,2-12H2,1H3. The lowest BCUT2D eigenvalue weighted by Crippen LogP contribution is -2.52. The first-order valence-electron chi connectivity index (χ1n) is 7.34. The molecule has 0 spiro atoms. The monoisotopic (exact) mass is 259 g/mol. The van der Waals surface area contributed by atoms with Crippen LogP contribution in [0.5, 0.6) is 0 Å². The predicted octanol–water partition coefficient (Wildman–Crippen LogP) is 1.45. The van der Waals surface area contributed by atoms with Gasteiger partial charge in [-0.25, -0.2) is 0 Å². The Morgan fingerprint density at radius 3 is 2.61 bits per heavy atom. The van der Waals surface area contributed by atoms with Gasteiger partial charge in [0, 0.05) is 18.7 Å². The smallest absolute Gasteiger partial charge is 0.0897 e. The summed E-state index contributed by atoms with van der Waals surface area (Å²) in [5, 5.41) is 22.7. The van der Waals surface area contributed by atoms with E-state index in [2.05, 4.69) is 12.2 Å². The predicted molar refractivity (Wildman–Crippen MR) is 72.6 cm³/mol. The van der Waals surface area contributed by atoms with Crippen LogP contribution in [-0.4, -0.2) is 48.2 Å². The molecule has 1 aliphatic carbocycles. The molecular weight excluding hydrogens is 230 g/mol. The van der Waals surface area contributed by atoms with Crippen molar-refractivity contribution in [2.24, 2.45) is 0 Å². The Kier molecular flexibility index (Phi) is 7.82. The molecule has 1 unspecified atom stereocenters. The highest BCUT2D eigenvalue weighted by Gasteiger charge is 2.31. The minimum absolute atomic E-state index is 0.163. The van der Waals surface area contributed by atoms with Gasteiger partial charge in [-0.1, -0.05) is 32.6 Å². The average Bonchev–Trinajstić information content (AvgIpc) is 2.42. The number of aliphatic hydroxyl groups is 2. The molecule has 3 N–H and O–H groups in total. The van der Waals surface area contributed by atoms with Crippen LogP contribution in [0.25, 0.3) is 0 Å². The Morgan fingerprint density at radius 1 is 1.28 bits per heavy atom. The van der Waals surface area contributed by atoms with E-state index >= 15 is 0 Å². The van der Waals surface area contributed by atoms with Crippen molar-refractivity contribution in [1.29, 1.82) is 0 Å². The molecular formula is C14H29NO3.